The van der Waals surface area contributed by atoms with Crippen molar-refractivity contribution in [2.24, 2.45) is 0 Å². The second-order valence-corrected chi connectivity index (χ2v) is 7.21. The first-order chi connectivity index (χ1) is 13.4. The molecule has 10 nitrogen and oxygen atoms in total. The zero-order valence-corrected chi connectivity index (χ0v) is 15.5. The molecular weight excluding hydrogens is 366 g/mol. The van der Waals surface area contributed by atoms with Gasteiger partial charge >= 0.3 is 0 Å². The third kappa shape index (κ3) is 3.96. The van der Waals surface area contributed by atoms with Crippen LogP contribution in [-0.2, 0) is 4.79 Å². The van der Waals surface area contributed by atoms with Crippen molar-refractivity contribution in [3.05, 3.63) is 34.0 Å². The molecule has 3 N–H and O–H groups in total. The van der Waals surface area contributed by atoms with Crippen LogP contribution >= 0.6 is 0 Å². The highest BCUT2D eigenvalue weighted by atomic mass is 16.6. The van der Waals surface area contributed by atoms with Crippen LogP contribution in [0.15, 0.2) is 18.2 Å². The number of aromatic amines is 1. The lowest BCUT2D eigenvalue weighted by Gasteiger charge is -2.47. The number of carbonyl (C=O) groups is 2. The van der Waals surface area contributed by atoms with Crippen molar-refractivity contribution in [2.45, 2.75) is 50.2 Å². The van der Waals surface area contributed by atoms with E-state index in [1.165, 1.54) is 31.4 Å². The molecule has 2 aliphatic heterocycles. The quantitative estimate of drug-likeness (QED) is 0.413. The van der Waals surface area contributed by atoms with E-state index in [9.17, 15) is 14.9 Å². The van der Waals surface area contributed by atoms with Gasteiger partial charge < -0.3 is 15.3 Å². The van der Waals surface area contributed by atoms with Gasteiger partial charge in [-0.1, -0.05) is 6.42 Å². The number of aromatic nitrogens is 2. The molecule has 2 saturated heterocycles. The van der Waals surface area contributed by atoms with Crippen LogP contribution in [0.4, 0.5) is 5.69 Å². The number of hydrogen-bond acceptors (Lipinski definition) is 6. The number of nitrogens with one attached hydrogen (secondary N) is 2. The van der Waals surface area contributed by atoms with Crippen molar-refractivity contribution >= 4 is 29.0 Å². The molecule has 2 atom stereocenters. The molecule has 4 rings (SSSR count). The summed E-state index contributed by atoms with van der Waals surface area (Å²) in [5.41, 5.74) is 0.801. The van der Waals surface area contributed by atoms with E-state index in [2.05, 4.69) is 27.5 Å². The molecule has 0 spiro atoms. The molecule has 150 valence electrons. The predicted molar refractivity (Wildman–Crippen MR) is 101 cm³/mol. The Morgan fingerprint density at radius 2 is 2.04 bits per heavy atom. The summed E-state index contributed by atoms with van der Waals surface area (Å²) in [6, 6.07) is 5.56. The molecule has 10 heteroatoms. The van der Waals surface area contributed by atoms with Crippen molar-refractivity contribution in [1.29, 1.82) is 0 Å². The number of amides is 1. The molecule has 3 heterocycles. The normalized spacial score (nSPS) is 24.1. The molecule has 1 amide bonds. The summed E-state index contributed by atoms with van der Waals surface area (Å²) in [6.45, 7) is -0.250. The molecule has 0 aliphatic carbocycles. The number of carbonyl (C=O) groups excluding carboxylic acids is 1. The van der Waals surface area contributed by atoms with Gasteiger partial charge in [0.05, 0.1) is 10.4 Å². The third-order valence-corrected chi connectivity index (χ3v) is 5.65. The molecule has 2 aliphatic rings. The monoisotopic (exact) mass is 389 g/mol. The van der Waals surface area contributed by atoms with Gasteiger partial charge in [0.1, 0.15) is 0 Å². The Labute approximate surface area is 161 Å². The fourth-order valence-corrected chi connectivity index (χ4v) is 4.28. The summed E-state index contributed by atoms with van der Waals surface area (Å²) in [5, 5.41) is 28.3. The average molecular weight is 389 g/mol. The highest BCUT2D eigenvalue weighted by Gasteiger charge is 2.36. The van der Waals surface area contributed by atoms with Gasteiger partial charge in [0.2, 0.25) is 0 Å². The maximum Gasteiger partial charge on any atom is 0.290 e. The van der Waals surface area contributed by atoms with Gasteiger partial charge in [-0.25, -0.2) is 0 Å². The maximum atomic E-state index is 12.7. The Morgan fingerprint density at radius 3 is 2.64 bits per heavy atom. The van der Waals surface area contributed by atoms with Gasteiger partial charge in [0, 0.05) is 35.6 Å². The molecule has 2 unspecified atom stereocenters. The molecular formula is C18H23N5O5. The fraction of sp³-hybridized carbons (Fsp3) is 0.500. The second-order valence-electron chi connectivity index (χ2n) is 7.21. The Balaban J connectivity index is 0.000000706. The highest BCUT2D eigenvalue weighted by Crippen LogP contribution is 2.33. The number of hydrogen-bond donors (Lipinski definition) is 3. The first-order valence-electron chi connectivity index (χ1n) is 9.17. The summed E-state index contributed by atoms with van der Waals surface area (Å²) >= 11 is 0. The topological polar surface area (TPSA) is 141 Å². The molecule has 2 bridgehead atoms. The van der Waals surface area contributed by atoms with Gasteiger partial charge in [-0.05, 0) is 38.8 Å². The van der Waals surface area contributed by atoms with Crippen LogP contribution < -0.4 is 5.32 Å². The van der Waals surface area contributed by atoms with Gasteiger partial charge in [-0.15, -0.1) is 0 Å². The van der Waals surface area contributed by atoms with Gasteiger partial charge in [0.25, 0.3) is 18.1 Å². The van der Waals surface area contributed by atoms with Crippen LogP contribution in [0.2, 0.25) is 0 Å². The number of non-ortho nitro benzene ring substituents is 1. The minimum Gasteiger partial charge on any atom is -0.483 e. The molecule has 2 fully saturated rings. The summed E-state index contributed by atoms with van der Waals surface area (Å²) in [4.78, 5) is 34.0. The fourth-order valence-electron chi connectivity index (χ4n) is 4.28. The van der Waals surface area contributed by atoms with E-state index >= 15 is 0 Å². The molecule has 28 heavy (non-hydrogen) atoms. The summed E-state index contributed by atoms with van der Waals surface area (Å²) in [7, 11) is 2.17. The van der Waals surface area contributed by atoms with E-state index in [0.717, 1.165) is 12.8 Å². The van der Waals surface area contributed by atoms with E-state index in [1.807, 2.05) is 0 Å². The van der Waals surface area contributed by atoms with Crippen LogP contribution in [0.3, 0.4) is 0 Å². The Kier molecular flexibility index (Phi) is 5.88. The minimum absolute atomic E-state index is 0.0447. The zero-order valence-electron chi connectivity index (χ0n) is 15.5. The summed E-state index contributed by atoms with van der Waals surface area (Å²) in [5.74, 6) is -0.264. The lowest BCUT2D eigenvalue weighted by molar-refractivity contribution is -0.384. The van der Waals surface area contributed by atoms with Crippen LogP contribution in [0.5, 0.6) is 0 Å². The van der Waals surface area contributed by atoms with Crippen LogP contribution in [-0.4, -0.2) is 62.7 Å². The number of nitrogens with zero attached hydrogens (tertiary/aromatic N) is 3. The predicted octanol–water partition coefficient (Wildman–Crippen LogP) is 1.92. The summed E-state index contributed by atoms with van der Waals surface area (Å²) < 4.78 is 0. The second kappa shape index (κ2) is 8.34. The van der Waals surface area contributed by atoms with E-state index in [1.54, 1.807) is 6.07 Å². The van der Waals surface area contributed by atoms with E-state index in [-0.39, 0.29) is 29.8 Å². The number of nitro groups is 1. The lowest BCUT2D eigenvalue weighted by Crippen LogP contribution is -2.55. The Morgan fingerprint density at radius 1 is 1.39 bits per heavy atom. The van der Waals surface area contributed by atoms with E-state index in [0.29, 0.717) is 23.0 Å². The number of carboxylic acid groups (broad SMARTS) is 1. The third-order valence-electron chi connectivity index (χ3n) is 5.65. The number of nitro benzene ring substituents is 1. The Bertz CT molecular complexity index is 868. The first-order valence-corrected chi connectivity index (χ1v) is 9.17. The van der Waals surface area contributed by atoms with Crippen LogP contribution in [0.25, 0.3) is 10.9 Å². The van der Waals surface area contributed by atoms with E-state index in [4.69, 9.17) is 9.90 Å². The Hall–Kier alpha value is -3.01. The minimum atomic E-state index is -0.466. The zero-order chi connectivity index (χ0) is 20.3. The SMILES string of the molecule is CN1C2CCCC1CC(NC(=O)c1n[nH]c3ccc([N+](=O)[O-])cc13)C2.O=CO. The van der Waals surface area contributed by atoms with E-state index < -0.39 is 4.92 Å². The standard InChI is InChI=1S/C17H21N5O3.CH2O2/c1-21-11-3-2-4-12(21)8-10(7-11)18-17(23)16-14-9-13(22(24)25)5-6-15(14)19-20-16;2-1-3/h5-6,9-12H,2-4,7-8H2,1H3,(H,18,23)(H,19,20);1H,(H,2,3). The van der Waals surface area contributed by atoms with Gasteiger partial charge in [-0.3, -0.25) is 24.8 Å². The lowest BCUT2D eigenvalue weighted by atomic mass is 9.82. The molecule has 0 saturated carbocycles. The largest absolute Gasteiger partial charge is 0.483 e. The van der Waals surface area contributed by atoms with Crippen LogP contribution in [0, 0.1) is 10.1 Å². The smallest absolute Gasteiger partial charge is 0.290 e. The van der Waals surface area contributed by atoms with Gasteiger partial charge in [0.15, 0.2) is 5.69 Å². The van der Waals surface area contributed by atoms with Crippen molar-refractivity contribution in [3.63, 3.8) is 0 Å². The van der Waals surface area contributed by atoms with Gasteiger partial charge in [-0.2, -0.15) is 5.10 Å². The van der Waals surface area contributed by atoms with Crippen molar-refractivity contribution in [3.8, 4) is 0 Å². The number of piperidine rings is 2. The van der Waals surface area contributed by atoms with Crippen LogP contribution in [0.1, 0.15) is 42.6 Å². The molecule has 2 aromatic rings. The van der Waals surface area contributed by atoms with Crippen molar-refractivity contribution < 1.29 is 19.6 Å². The average Bonchev–Trinajstić information content (AvgIpc) is 3.06. The highest BCUT2D eigenvalue weighted by molar-refractivity contribution is 6.05. The number of H-pyrrole nitrogens is 1. The maximum absolute atomic E-state index is 12.7. The molecule has 1 aromatic heterocycles. The first kappa shape index (κ1) is 19.7. The summed E-state index contributed by atoms with van der Waals surface area (Å²) in [6.07, 6.45) is 5.50. The number of benzene rings is 1. The molecule has 1 aromatic carbocycles. The van der Waals surface area contributed by atoms with Crippen molar-refractivity contribution in [1.82, 2.24) is 20.4 Å². The van der Waals surface area contributed by atoms with Crippen molar-refractivity contribution in [2.75, 3.05) is 7.05 Å². The number of fused-ring (bicyclic) bond motifs is 3. The molecule has 0 radical (unpaired) electrons. The number of rotatable bonds is 3.